The summed E-state index contributed by atoms with van der Waals surface area (Å²) in [6.45, 7) is 13.4. The lowest BCUT2D eigenvalue weighted by molar-refractivity contribution is -0.266. The molecule has 0 radical (unpaired) electrons. The van der Waals surface area contributed by atoms with Crippen molar-refractivity contribution in [3.05, 3.63) is 47.6 Å². The van der Waals surface area contributed by atoms with Crippen molar-refractivity contribution in [3.8, 4) is 0 Å². The van der Waals surface area contributed by atoms with Gasteiger partial charge < -0.3 is 63.2 Å². The van der Waals surface area contributed by atoms with Gasteiger partial charge in [-0.1, -0.05) is 71.1 Å². The Kier molecular flexibility index (Phi) is 23.2. The van der Waals surface area contributed by atoms with Crippen LogP contribution in [0.1, 0.15) is 126 Å². The van der Waals surface area contributed by atoms with Crippen LogP contribution in [0.2, 0.25) is 0 Å². The Balaban J connectivity index is 1.28. The number of piperidine rings is 1. The highest BCUT2D eigenvalue weighted by Crippen LogP contribution is 2.38. The van der Waals surface area contributed by atoms with Crippen molar-refractivity contribution in [2.45, 2.75) is 204 Å². The van der Waals surface area contributed by atoms with Crippen LogP contribution < -0.4 is 0 Å². The number of rotatable bonds is 10. The predicted octanol–water partition coefficient (Wildman–Crippen LogP) is 5.09. The molecule has 19 atom stereocenters. The summed E-state index contributed by atoms with van der Waals surface area (Å²) in [5.41, 5.74) is 1.18. The minimum absolute atomic E-state index is 0.0290. The van der Waals surface area contributed by atoms with Crippen LogP contribution in [-0.4, -0.2) is 181 Å². The number of carbonyl (C=O) groups is 5. The number of fused-ring (bicyclic) bond motifs is 4. The van der Waals surface area contributed by atoms with E-state index in [1.807, 2.05) is 51.2 Å². The molecule has 6 rings (SSSR count). The summed E-state index contributed by atoms with van der Waals surface area (Å²) >= 11 is 0. The summed E-state index contributed by atoms with van der Waals surface area (Å²) < 4.78 is 47.8. The van der Waals surface area contributed by atoms with Crippen molar-refractivity contribution in [2.24, 2.45) is 35.5 Å². The lowest BCUT2D eigenvalue weighted by atomic mass is 9.78. The molecule has 6 aliphatic rings. The molecule has 1 aliphatic carbocycles. The predicted molar refractivity (Wildman–Crippen MR) is 279 cm³/mol. The van der Waals surface area contributed by atoms with Crippen molar-refractivity contribution < 1.29 is 82.3 Å². The van der Waals surface area contributed by atoms with E-state index in [4.69, 9.17) is 37.9 Å². The van der Waals surface area contributed by atoms with Crippen LogP contribution >= 0.6 is 0 Å². The Labute approximate surface area is 449 Å². The Morgan fingerprint density at radius 3 is 2.26 bits per heavy atom. The van der Waals surface area contributed by atoms with Gasteiger partial charge in [0.1, 0.15) is 54.6 Å². The van der Waals surface area contributed by atoms with Gasteiger partial charge in [0.25, 0.3) is 11.7 Å². The van der Waals surface area contributed by atoms with E-state index in [0.717, 1.165) is 5.57 Å². The van der Waals surface area contributed by atoms with Gasteiger partial charge in [-0.3, -0.25) is 19.2 Å². The number of aliphatic hydroxyl groups is 4. The van der Waals surface area contributed by atoms with E-state index >= 15 is 0 Å². The normalized spacial score (nSPS) is 40.9. The summed E-state index contributed by atoms with van der Waals surface area (Å²) in [7, 11) is 2.93. The number of esters is 1. The summed E-state index contributed by atoms with van der Waals surface area (Å²) in [5.74, 6) is -8.40. The summed E-state index contributed by atoms with van der Waals surface area (Å²) in [5, 5.41) is 44.5. The Hall–Kier alpha value is -3.53. The number of Topliss-reactive ketones (excluding diaryl/α,β-unsaturated/α-hetero) is 3. The summed E-state index contributed by atoms with van der Waals surface area (Å²) in [6, 6.07) is -1.18. The van der Waals surface area contributed by atoms with Gasteiger partial charge >= 0.3 is 5.97 Å². The maximum atomic E-state index is 14.5. The van der Waals surface area contributed by atoms with Crippen LogP contribution in [0.25, 0.3) is 0 Å². The van der Waals surface area contributed by atoms with Crippen LogP contribution in [0.5, 0.6) is 0 Å². The molecule has 428 valence electrons. The molecule has 4 saturated heterocycles. The molecule has 1 unspecified atom stereocenters. The average Bonchev–Trinajstić information content (AvgIpc) is 3.99. The van der Waals surface area contributed by atoms with Gasteiger partial charge in [-0.05, 0) is 107 Å². The maximum absolute atomic E-state index is 14.5. The molecular weight excluding hydrogens is 983 g/mol. The number of methoxy groups -OCH3 is 2. The molecule has 5 fully saturated rings. The van der Waals surface area contributed by atoms with E-state index in [1.54, 1.807) is 40.9 Å². The first-order chi connectivity index (χ1) is 36.2. The fourth-order valence-electron chi connectivity index (χ4n) is 12.0. The Bertz CT molecular complexity index is 2090. The zero-order valence-electron chi connectivity index (χ0n) is 46.4. The monoisotopic (exact) mass is 1070 g/mol. The van der Waals surface area contributed by atoms with Crippen LogP contribution in [0.3, 0.4) is 0 Å². The molecule has 1 amide bonds. The first-order valence-corrected chi connectivity index (χ1v) is 28.0. The second-order valence-corrected chi connectivity index (χ2v) is 22.8. The second-order valence-electron chi connectivity index (χ2n) is 22.8. The number of ether oxygens (including phenoxy) is 8. The van der Waals surface area contributed by atoms with E-state index in [0.29, 0.717) is 63.4 Å². The number of allylic oxidation sites excluding steroid dienone is 6. The highest BCUT2D eigenvalue weighted by Gasteiger charge is 2.53. The lowest BCUT2D eigenvalue weighted by Gasteiger charge is -2.43. The van der Waals surface area contributed by atoms with Crippen molar-refractivity contribution in [1.82, 2.24) is 4.90 Å². The molecule has 0 aromatic rings. The van der Waals surface area contributed by atoms with Crippen molar-refractivity contribution in [2.75, 3.05) is 47.2 Å². The molecule has 1 saturated carbocycles. The van der Waals surface area contributed by atoms with E-state index in [2.05, 4.69) is 0 Å². The minimum Gasteiger partial charge on any atom is -0.460 e. The van der Waals surface area contributed by atoms with Crippen LogP contribution in [0, 0.1) is 35.5 Å². The molecule has 18 nitrogen and oxygen atoms in total. The smallest absolute Gasteiger partial charge is 0.329 e. The number of carbonyl (C=O) groups excluding carboxylic acids is 5. The average molecular weight is 1070 g/mol. The highest BCUT2D eigenvalue weighted by molar-refractivity contribution is 6.39. The second kappa shape index (κ2) is 28.6. The van der Waals surface area contributed by atoms with Gasteiger partial charge in [-0.15, -0.1) is 0 Å². The van der Waals surface area contributed by atoms with Crippen LogP contribution in [-0.2, 0) is 61.9 Å². The summed E-state index contributed by atoms with van der Waals surface area (Å²) in [4.78, 5) is 72.8. The largest absolute Gasteiger partial charge is 0.460 e. The van der Waals surface area contributed by atoms with Crippen molar-refractivity contribution >= 4 is 29.2 Å². The fraction of sp³-hybridized carbons (Fsp3) is 0.776. The number of hydrogen-bond acceptors (Lipinski definition) is 17. The molecule has 2 bridgehead atoms. The standard InChI is InChI=1S/C58H89NO17/c1-33-15-11-10-12-16-34(2)46(71-23-24-72-49-32-74-52-45(62)31-73-53(49)52)29-41-20-18-39(7)58(68,76-41)55(65)56(66)59-22-14-13-17-42(59)57(67)75-47(36(4)27-40-19-21-43(60)48(28-40)69-8)30-44(61)35(3)26-38(6)51(64)54(70-9)50(63)37(5)25-33/h10-12,15-16,26,33,35-37,39-43,45-49,51-54,60,62,64,68H,13-14,17-25,27-32H2,1-9H3/b12-10?,15-11+,34-16?,38-26+/t33-,35-,36-,37-,39-,40+,41+,42+,43-,45+,46?,47+,48-,49-,51-,52-,53-,54+,58-/m1/s1. The van der Waals surface area contributed by atoms with Gasteiger partial charge in [0.2, 0.25) is 5.79 Å². The van der Waals surface area contributed by atoms with E-state index in [-0.39, 0.29) is 99.9 Å². The molecule has 4 N–H and O–H groups in total. The SMILES string of the molecule is CO[C@@H]1C[C@H](C[C@@H](C)[C@@H]2CC(=O)[C@H](C)/C=C(\C)[C@@H](O)[C@@H](OC)C(=O)[C@H](C)C[C@H](C)/C=C/C=CC=C(C)C(OCCO[C@@H]3CO[C@H]4[C@@H]3OC[C@@H]4O)C[C@@H]3CC[C@@H](C)[C@@](O)(O3)C(=O)C(=O)N3CCCC[C@H]3C(=O)O2)CC[C@H]1O. The first kappa shape index (κ1) is 61.7. The summed E-state index contributed by atoms with van der Waals surface area (Å²) in [6.07, 6.45) is 8.36. The molecular formula is C58H89NO17. The van der Waals surface area contributed by atoms with Crippen LogP contribution in [0.4, 0.5) is 0 Å². The van der Waals surface area contributed by atoms with Crippen molar-refractivity contribution in [1.29, 1.82) is 0 Å². The number of hydrogen-bond donors (Lipinski definition) is 4. The topological polar surface area (TPSA) is 243 Å². The number of cyclic esters (lactones) is 1. The molecule has 18 heteroatoms. The molecule has 0 aromatic heterocycles. The van der Waals surface area contributed by atoms with Gasteiger partial charge in [-0.2, -0.15) is 0 Å². The van der Waals surface area contributed by atoms with Crippen molar-refractivity contribution in [3.63, 3.8) is 0 Å². The van der Waals surface area contributed by atoms with E-state index in [9.17, 15) is 44.4 Å². The molecule has 5 aliphatic heterocycles. The third-order valence-electron chi connectivity index (χ3n) is 16.9. The number of nitrogens with zero attached hydrogens (tertiary/aromatic N) is 1. The maximum Gasteiger partial charge on any atom is 0.329 e. The van der Waals surface area contributed by atoms with Gasteiger partial charge in [0.15, 0.2) is 5.78 Å². The van der Waals surface area contributed by atoms with Crippen LogP contribution in [0.15, 0.2) is 47.6 Å². The molecule has 76 heavy (non-hydrogen) atoms. The number of ketones is 3. The number of amides is 1. The fourth-order valence-corrected chi connectivity index (χ4v) is 12.0. The van der Waals surface area contributed by atoms with Gasteiger partial charge in [0.05, 0.1) is 50.8 Å². The third kappa shape index (κ3) is 15.6. The zero-order chi connectivity index (χ0) is 55.4. The molecule has 5 heterocycles. The van der Waals surface area contributed by atoms with Gasteiger partial charge in [0, 0.05) is 51.4 Å². The Morgan fingerprint density at radius 1 is 0.789 bits per heavy atom. The molecule has 0 aromatic carbocycles. The quantitative estimate of drug-likeness (QED) is 0.0963. The molecule has 0 spiro atoms. The third-order valence-corrected chi connectivity index (χ3v) is 16.9. The number of aliphatic hydroxyl groups excluding tert-OH is 3. The Morgan fingerprint density at radius 2 is 1.53 bits per heavy atom. The van der Waals surface area contributed by atoms with E-state index in [1.165, 1.54) is 12.0 Å². The zero-order valence-corrected chi connectivity index (χ0v) is 46.4. The lowest BCUT2D eigenvalue weighted by Crippen LogP contribution is -2.61. The van der Waals surface area contributed by atoms with Gasteiger partial charge in [-0.25, -0.2) is 4.79 Å². The minimum atomic E-state index is -2.51. The van der Waals surface area contributed by atoms with E-state index < -0.39 is 96.1 Å². The highest BCUT2D eigenvalue weighted by atomic mass is 16.6. The first-order valence-electron chi connectivity index (χ1n) is 28.0.